The summed E-state index contributed by atoms with van der Waals surface area (Å²) < 4.78 is 0. The molecule has 1 aliphatic rings. The first-order valence-corrected chi connectivity index (χ1v) is 12.4. The molecule has 1 aliphatic carbocycles. The lowest BCUT2D eigenvalue weighted by Gasteiger charge is -2.20. The molecular formula is C28H28N4O3S. The topological polar surface area (TPSA) is 99.3 Å². The number of thiocarbonyl (C=S) groups is 1. The summed E-state index contributed by atoms with van der Waals surface area (Å²) in [5.41, 5.74) is 6.92. The predicted octanol–water partition coefficient (Wildman–Crippen LogP) is 4.71. The molecule has 0 aliphatic heterocycles. The van der Waals surface area contributed by atoms with Crippen molar-refractivity contribution in [2.75, 3.05) is 5.32 Å². The van der Waals surface area contributed by atoms with Gasteiger partial charge in [-0.3, -0.25) is 30.6 Å². The Kier molecular flexibility index (Phi) is 8.41. The number of hydrazine groups is 1. The number of fused-ring (bicyclic) bond motifs is 1. The van der Waals surface area contributed by atoms with E-state index in [4.69, 9.17) is 12.2 Å². The van der Waals surface area contributed by atoms with Crippen LogP contribution in [0.15, 0.2) is 72.8 Å². The van der Waals surface area contributed by atoms with Crippen LogP contribution in [-0.2, 0) is 9.59 Å². The minimum atomic E-state index is -0.428. The Balaban J connectivity index is 1.23. The van der Waals surface area contributed by atoms with Gasteiger partial charge in [-0.05, 0) is 71.7 Å². The van der Waals surface area contributed by atoms with E-state index in [9.17, 15) is 14.4 Å². The number of hydrogen-bond acceptors (Lipinski definition) is 4. The van der Waals surface area contributed by atoms with Crippen LogP contribution in [0.5, 0.6) is 0 Å². The van der Waals surface area contributed by atoms with Crippen molar-refractivity contribution in [3.8, 4) is 0 Å². The van der Waals surface area contributed by atoms with E-state index in [0.29, 0.717) is 11.3 Å². The molecule has 36 heavy (non-hydrogen) atoms. The molecule has 4 N–H and O–H groups in total. The molecule has 0 bridgehead atoms. The minimum Gasteiger partial charge on any atom is -0.326 e. The van der Waals surface area contributed by atoms with Gasteiger partial charge >= 0.3 is 0 Å². The zero-order valence-corrected chi connectivity index (χ0v) is 20.6. The lowest BCUT2D eigenvalue weighted by atomic mass is 9.88. The Morgan fingerprint density at radius 3 is 2.33 bits per heavy atom. The first-order chi connectivity index (χ1) is 17.5. The third kappa shape index (κ3) is 6.76. The highest BCUT2D eigenvalue weighted by atomic mass is 32.1. The van der Waals surface area contributed by atoms with Gasteiger partial charge in [0.1, 0.15) is 0 Å². The molecular weight excluding hydrogens is 472 g/mol. The number of rotatable bonds is 5. The normalized spacial score (nSPS) is 13.8. The molecule has 7 nitrogen and oxygen atoms in total. The van der Waals surface area contributed by atoms with Crippen LogP contribution in [0.1, 0.15) is 48.0 Å². The molecule has 0 unspecified atom stereocenters. The molecule has 1 fully saturated rings. The Hall–Kier alpha value is -4.04. The summed E-state index contributed by atoms with van der Waals surface area (Å²) in [4.78, 5) is 37.0. The van der Waals surface area contributed by atoms with Crippen LogP contribution in [-0.4, -0.2) is 22.8 Å². The predicted molar refractivity (Wildman–Crippen MR) is 146 cm³/mol. The highest BCUT2D eigenvalue weighted by Gasteiger charge is 2.21. The largest absolute Gasteiger partial charge is 0.326 e. The smallest absolute Gasteiger partial charge is 0.269 e. The molecule has 0 saturated heterocycles. The van der Waals surface area contributed by atoms with E-state index in [2.05, 4.69) is 21.5 Å². The van der Waals surface area contributed by atoms with Crippen LogP contribution in [0.2, 0.25) is 0 Å². The summed E-state index contributed by atoms with van der Waals surface area (Å²) in [6.45, 7) is 0. The SMILES string of the molecule is O=C(C=Cc1cccc2ccccc12)NC(=S)NNC(=O)c1ccc(NC(=O)C2CCCCC2)cc1. The van der Waals surface area contributed by atoms with Crippen LogP contribution in [0.25, 0.3) is 16.8 Å². The van der Waals surface area contributed by atoms with Crippen molar-refractivity contribution in [3.63, 3.8) is 0 Å². The van der Waals surface area contributed by atoms with Gasteiger partial charge in [0.05, 0.1) is 0 Å². The molecule has 0 heterocycles. The summed E-state index contributed by atoms with van der Waals surface area (Å²) in [5, 5.41) is 7.51. The number of hydrogen-bond donors (Lipinski definition) is 4. The summed E-state index contributed by atoms with van der Waals surface area (Å²) >= 11 is 5.10. The first kappa shape index (κ1) is 25.1. The Bertz CT molecular complexity index is 1290. The lowest BCUT2D eigenvalue weighted by molar-refractivity contribution is -0.120. The van der Waals surface area contributed by atoms with E-state index in [1.807, 2.05) is 42.5 Å². The molecule has 3 aromatic rings. The van der Waals surface area contributed by atoms with Crippen LogP contribution in [0.3, 0.4) is 0 Å². The van der Waals surface area contributed by atoms with E-state index in [1.165, 1.54) is 12.5 Å². The van der Waals surface area contributed by atoms with E-state index in [0.717, 1.165) is 42.0 Å². The van der Waals surface area contributed by atoms with Crippen molar-refractivity contribution in [3.05, 3.63) is 83.9 Å². The lowest BCUT2D eigenvalue weighted by Crippen LogP contribution is -2.48. The third-order valence-corrected chi connectivity index (χ3v) is 6.36. The van der Waals surface area contributed by atoms with E-state index in [1.54, 1.807) is 30.3 Å². The van der Waals surface area contributed by atoms with Crippen molar-refractivity contribution in [1.29, 1.82) is 0 Å². The average Bonchev–Trinajstić information content (AvgIpc) is 2.91. The zero-order valence-electron chi connectivity index (χ0n) is 19.8. The standard InChI is InChI=1S/C28H28N4O3S/c33-25(18-15-20-11-6-10-19-7-4-5-12-24(19)20)30-28(36)32-31-27(35)22-13-16-23(17-14-22)29-26(34)21-8-2-1-3-9-21/h4-7,10-18,21H,1-3,8-9H2,(H,29,34)(H,31,35)(H2,30,32,33,36). The second kappa shape index (κ2) is 12.1. The molecule has 1 saturated carbocycles. The molecule has 0 atom stereocenters. The van der Waals surface area contributed by atoms with E-state index < -0.39 is 11.8 Å². The van der Waals surface area contributed by atoms with Gasteiger partial charge in [0.25, 0.3) is 5.91 Å². The highest BCUT2D eigenvalue weighted by molar-refractivity contribution is 7.80. The minimum absolute atomic E-state index is 0.0316. The number of carbonyl (C=O) groups excluding carboxylic acids is 3. The van der Waals surface area contributed by atoms with E-state index >= 15 is 0 Å². The average molecular weight is 501 g/mol. The monoisotopic (exact) mass is 500 g/mol. The fourth-order valence-electron chi connectivity index (χ4n) is 4.25. The van der Waals surface area contributed by atoms with Crippen LogP contribution in [0, 0.1) is 5.92 Å². The second-order valence-electron chi connectivity index (χ2n) is 8.70. The molecule has 3 amide bonds. The maximum Gasteiger partial charge on any atom is 0.269 e. The number of carbonyl (C=O) groups is 3. The molecule has 0 aromatic heterocycles. The highest BCUT2D eigenvalue weighted by Crippen LogP contribution is 2.25. The van der Waals surface area contributed by atoms with Gasteiger partial charge in [-0.15, -0.1) is 0 Å². The van der Waals surface area contributed by atoms with Crippen molar-refractivity contribution in [1.82, 2.24) is 16.2 Å². The van der Waals surface area contributed by atoms with Gasteiger partial charge in [-0.2, -0.15) is 0 Å². The maximum atomic E-state index is 12.4. The van der Waals surface area contributed by atoms with Crippen molar-refractivity contribution in [2.24, 2.45) is 5.92 Å². The molecule has 3 aromatic carbocycles. The quantitative estimate of drug-likeness (QED) is 0.231. The zero-order chi connectivity index (χ0) is 25.3. The number of nitrogens with one attached hydrogen (secondary N) is 4. The summed E-state index contributed by atoms with van der Waals surface area (Å²) in [5.74, 6) is -0.760. The summed E-state index contributed by atoms with van der Waals surface area (Å²) in [6.07, 6.45) is 8.32. The molecule has 0 spiro atoms. The van der Waals surface area contributed by atoms with Gasteiger partial charge in [0.2, 0.25) is 11.8 Å². The molecule has 184 valence electrons. The number of benzene rings is 3. The number of anilines is 1. The fraction of sp³-hybridized carbons (Fsp3) is 0.214. The van der Waals surface area contributed by atoms with Gasteiger partial charge < -0.3 is 5.32 Å². The van der Waals surface area contributed by atoms with E-state index in [-0.39, 0.29) is 16.9 Å². The summed E-state index contributed by atoms with van der Waals surface area (Å²) in [7, 11) is 0. The van der Waals surface area contributed by atoms with Gasteiger partial charge in [0, 0.05) is 23.2 Å². The fourth-order valence-corrected chi connectivity index (χ4v) is 4.40. The Morgan fingerprint density at radius 2 is 1.56 bits per heavy atom. The van der Waals surface area contributed by atoms with Gasteiger partial charge in [-0.25, -0.2) is 0 Å². The van der Waals surface area contributed by atoms with Gasteiger partial charge in [0.15, 0.2) is 5.11 Å². The Labute approximate surface area is 215 Å². The molecule has 4 rings (SSSR count). The Morgan fingerprint density at radius 1 is 0.833 bits per heavy atom. The maximum absolute atomic E-state index is 12.4. The first-order valence-electron chi connectivity index (χ1n) is 12.0. The van der Waals surface area contributed by atoms with Crippen LogP contribution < -0.4 is 21.5 Å². The third-order valence-electron chi connectivity index (χ3n) is 6.15. The molecule has 8 heteroatoms. The van der Waals surface area contributed by atoms with Crippen LogP contribution >= 0.6 is 12.2 Å². The molecule has 0 radical (unpaired) electrons. The van der Waals surface area contributed by atoms with Crippen molar-refractivity contribution in [2.45, 2.75) is 32.1 Å². The van der Waals surface area contributed by atoms with Crippen molar-refractivity contribution < 1.29 is 14.4 Å². The van der Waals surface area contributed by atoms with Crippen molar-refractivity contribution >= 4 is 57.6 Å². The summed E-state index contributed by atoms with van der Waals surface area (Å²) in [6, 6.07) is 20.4. The number of amides is 3. The second-order valence-corrected chi connectivity index (χ2v) is 9.11. The van der Waals surface area contributed by atoms with Gasteiger partial charge in [-0.1, -0.05) is 61.7 Å². The van der Waals surface area contributed by atoms with Crippen LogP contribution in [0.4, 0.5) is 5.69 Å².